The van der Waals surface area contributed by atoms with Crippen molar-refractivity contribution in [3.05, 3.63) is 35.9 Å². The zero-order chi connectivity index (χ0) is 19.6. The third kappa shape index (κ3) is 4.97. The molecule has 0 spiro atoms. The van der Waals surface area contributed by atoms with Crippen LogP contribution in [0.1, 0.15) is 5.56 Å². The first kappa shape index (κ1) is 22.5. The van der Waals surface area contributed by atoms with Crippen LogP contribution >= 0.6 is 93.9 Å². The summed E-state index contributed by atoms with van der Waals surface area (Å²) >= 11 is 40.2. The highest BCUT2D eigenvalue weighted by Crippen LogP contribution is 2.51. The maximum absolute atomic E-state index is 12.0. The maximum atomic E-state index is 12.0. The topological polar surface area (TPSA) is 54.3 Å². The second-order valence-corrected chi connectivity index (χ2v) is 10.2. The highest BCUT2D eigenvalue weighted by molar-refractivity contribution is 8.10. The lowest BCUT2D eigenvalue weighted by Gasteiger charge is -2.36. The third-order valence-corrected chi connectivity index (χ3v) is 5.11. The van der Waals surface area contributed by atoms with E-state index in [2.05, 4.69) is 27.4 Å². The molecule has 1 aliphatic heterocycles. The minimum Gasteiger partial charge on any atom is -0.293 e. The van der Waals surface area contributed by atoms with E-state index in [9.17, 15) is 4.79 Å². The van der Waals surface area contributed by atoms with Crippen molar-refractivity contribution in [1.82, 2.24) is 4.90 Å². The minimum atomic E-state index is -2.26. The summed E-state index contributed by atoms with van der Waals surface area (Å²) in [6.07, 6.45) is 0. The highest BCUT2D eigenvalue weighted by atomic mass is 35.6. The second-order valence-electron chi connectivity index (χ2n) is 4.74. The molecule has 1 amide bonds. The number of amides is 1. The van der Waals surface area contributed by atoms with Crippen molar-refractivity contribution in [1.29, 1.82) is 0 Å². The largest absolute Gasteiger partial charge is 0.309 e. The Morgan fingerprint density at radius 1 is 1.23 bits per heavy atom. The smallest absolute Gasteiger partial charge is 0.293 e. The molecular weight excluding hydrogens is 507 g/mol. The van der Waals surface area contributed by atoms with E-state index >= 15 is 0 Å². The Balaban J connectivity index is 2.55. The van der Waals surface area contributed by atoms with Crippen molar-refractivity contribution in [2.45, 2.75) is 20.0 Å². The molecule has 0 aliphatic carbocycles. The fourth-order valence-electron chi connectivity index (χ4n) is 1.89. The van der Waals surface area contributed by atoms with Crippen LogP contribution in [0.3, 0.4) is 0 Å². The fourth-order valence-corrected chi connectivity index (χ4v) is 3.67. The molecule has 26 heavy (non-hydrogen) atoms. The van der Waals surface area contributed by atoms with Gasteiger partial charge < -0.3 is 0 Å². The van der Waals surface area contributed by atoms with E-state index < -0.39 is 19.3 Å². The number of carbonyl (C=O) groups excluding carboxylic acids is 1. The van der Waals surface area contributed by atoms with Crippen LogP contribution in [0.2, 0.25) is 0 Å². The number of halogens is 6. The molecule has 13 heteroatoms. The number of aliphatic imine (C=N–C) groups is 2. The van der Waals surface area contributed by atoms with Crippen molar-refractivity contribution in [2.24, 2.45) is 9.98 Å². The zero-order valence-corrected chi connectivity index (χ0v) is 18.5. The summed E-state index contributed by atoms with van der Waals surface area (Å²) in [5.74, 6) is -2.97. The van der Waals surface area contributed by atoms with Crippen LogP contribution in [0, 0.1) is 0 Å². The van der Waals surface area contributed by atoms with Gasteiger partial charge in [-0.05, 0) is 17.8 Å². The second kappa shape index (κ2) is 8.70. The summed E-state index contributed by atoms with van der Waals surface area (Å²) in [7, 11) is 0. The minimum absolute atomic E-state index is 0.0227. The molecule has 0 N–H and O–H groups in total. The quantitative estimate of drug-likeness (QED) is 0.230. The van der Waals surface area contributed by atoms with Gasteiger partial charge in [0.1, 0.15) is 0 Å². The number of rotatable bonds is 3. The molecular formula is C13H7Cl6N3O2S2. The van der Waals surface area contributed by atoms with Gasteiger partial charge in [0.2, 0.25) is 0 Å². The third-order valence-electron chi connectivity index (χ3n) is 3.02. The van der Waals surface area contributed by atoms with Gasteiger partial charge in [0.05, 0.1) is 17.2 Å². The first-order valence-electron chi connectivity index (χ1n) is 6.54. The van der Waals surface area contributed by atoms with Crippen LogP contribution in [0.4, 0.5) is 0 Å². The van der Waals surface area contributed by atoms with Gasteiger partial charge in [-0.1, -0.05) is 99.9 Å². The van der Waals surface area contributed by atoms with Gasteiger partial charge >= 0.3 is 5.85 Å². The standard InChI is InChI=1S/C13H7Cl6N3O2S2/c14-11(15,16)9(23)21-10-22(6-8-4-2-1-3-5-8)13(20-7-25,24-26-10)12(17,18)19/h1-5H,6H2. The Bertz CT molecular complexity index is 761. The van der Waals surface area contributed by atoms with Gasteiger partial charge in [0, 0.05) is 6.54 Å². The lowest BCUT2D eigenvalue weighted by molar-refractivity contribution is -0.117. The lowest BCUT2D eigenvalue weighted by Crippen LogP contribution is -2.54. The number of isothiocyanates is 1. The summed E-state index contributed by atoms with van der Waals surface area (Å²) in [5.41, 5.74) is 0.783. The van der Waals surface area contributed by atoms with Crippen LogP contribution in [-0.2, 0) is 15.5 Å². The Morgan fingerprint density at radius 2 is 1.85 bits per heavy atom. The van der Waals surface area contributed by atoms with Gasteiger partial charge in [-0.15, -0.1) is 0 Å². The van der Waals surface area contributed by atoms with Gasteiger partial charge in [-0.2, -0.15) is 9.98 Å². The molecule has 0 radical (unpaired) electrons. The highest BCUT2D eigenvalue weighted by Gasteiger charge is 2.61. The molecule has 1 heterocycles. The molecule has 1 fully saturated rings. The fraction of sp³-hybridized carbons (Fsp3) is 0.308. The average molecular weight is 514 g/mol. The van der Waals surface area contributed by atoms with E-state index in [1.54, 1.807) is 0 Å². The van der Waals surface area contributed by atoms with Gasteiger partial charge in [0.25, 0.3) is 13.5 Å². The van der Waals surface area contributed by atoms with Crippen molar-refractivity contribution >= 4 is 110 Å². The Hall–Kier alpha value is 0.210. The number of benzene rings is 1. The van der Waals surface area contributed by atoms with Crippen molar-refractivity contribution in [3.8, 4) is 0 Å². The van der Waals surface area contributed by atoms with E-state index in [4.69, 9.17) is 73.8 Å². The number of amidine groups is 1. The molecule has 1 atom stereocenters. The maximum Gasteiger partial charge on any atom is 0.309 e. The van der Waals surface area contributed by atoms with Gasteiger partial charge in [-0.3, -0.25) is 13.9 Å². The summed E-state index contributed by atoms with van der Waals surface area (Å²) in [6.45, 7) is 0.105. The van der Waals surface area contributed by atoms with E-state index in [1.165, 1.54) is 4.90 Å². The molecule has 1 unspecified atom stereocenters. The molecule has 140 valence electrons. The summed E-state index contributed by atoms with van der Waals surface area (Å²) in [5, 5.41) is 2.11. The Morgan fingerprint density at radius 3 is 2.35 bits per heavy atom. The number of alkyl halides is 6. The predicted molar refractivity (Wildman–Crippen MR) is 111 cm³/mol. The number of carbonyl (C=O) groups is 1. The van der Waals surface area contributed by atoms with Crippen LogP contribution in [0.15, 0.2) is 40.3 Å². The van der Waals surface area contributed by atoms with Crippen molar-refractivity contribution < 1.29 is 8.98 Å². The lowest BCUT2D eigenvalue weighted by atomic mass is 10.2. The molecule has 0 bridgehead atoms. The van der Waals surface area contributed by atoms with Gasteiger partial charge in [0.15, 0.2) is 5.17 Å². The molecule has 0 saturated carbocycles. The monoisotopic (exact) mass is 511 g/mol. The first-order chi connectivity index (χ1) is 12.0. The van der Waals surface area contributed by atoms with Crippen LogP contribution in [0.5, 0.6) is 0 Å². The van der Waals surface area contributed by atoms with E-state index in [-0.39, 0.29) is 11.7 Å². The first-order valence-corrected chi connectivity index (χ1v) is 9.96. The van der Waals surface area contributed by atoms with Crippen molar-refractivity contribution in [2.75, 3.05) is 0 Å². The van der Waals surface area contributed by atoms with E-state index in [0.717, 1.165) is 5.56 Å². The summed E-state index contributed by atoms with van der Waals surface area (Å²) in [6, 6.07) is 9.06. The SMILES string of the molecule is O=C(N=C1SOC(N=C=S)(C(Cl)(Cl)Cl)N1Cc1ccccc1)C(Cl)(Cl)Cl. The number of nitrogens with zero attached hydrogens (tertiary/aromatic N) is 3. The molecule has 1 aliphatic rings. The van der Waals surface area contributed by atoms with E-state index in [0.29, 0.717) is 12.0 Å². The summed E-state index contributed by atoms with van der Waals surface area (Å²) < 4.78 is 1.13. The number of hydrogen-bond donors (Lipinski definition) is 0. The molecule has 5 nitrogen and oxygen atoms in total. The summed E-state index contributed by atoms with van der Waals surface area (Å²) in [4.78, 5) is 21.0. The zero-order valence-electron chi connectivity index (χ0n) is 12.3. The molecule has 1 saturated heterocycles. The van der Waals surface area contributed by atoms with Crippen LogP contribution < -0.4 is 0 Å². The van der Waals surface area contributed by atoms with Gasteiger partial charge in [-0.25, -0.2) is 0 Å². The molecule has 1 aromatic carbocycles. The number of hydrogen-bond acceptors (Lipinski definition) is 5. The number of thiocarbonyl (C=S) groups is 1. The van der Waals surface area contributed by atoms with Crippen LogP contribution in [0.25, 0.3) is 0 Å². The molecule has 1 aromatic rings. The average Bonchev–Trinajstić information content (AvgIpc) is 2.87. The van der Waals surface area contributed by atoms with Crippen molar-refractivity contribution in [3.63, 3.8) is 0 Å². The van der Waals surface area contributed by atoms with E-state index in [1.807, 2.05) is 30.3 Å². The Labute approximate surface area is 188 Å². The Kier molecular flexibility index (Phi) is 7.53. The normalized spacial score (nSPS) is 22.4. The van der Waals surface area contributed by atoms with Crippen LogP contribution in [-0.4, -0.2) is 34.6 Å². The predicted octanol–water partition coefficient (Wildman–Crippen LogP) is 5.55. The molecule has 2 rings (SSSR count). The molecule has 0 aromatic heterocycles.